The van der Waals surface area contributed by atoms with Gasteiger partial charge >= 0.3 is 0 Å². The predicted molar refractivity (Wildman–Crippen MR) is 101 cm³/mol. The lowest BCUT2D eigenvalue weighted by Crippen LogP contribution is -2.54. The van der Waals surface area contributed by atoms with Crippen LogP contribution in [0.1, 0.15) is 32.6 Å². The Kier molecular flexibility index (Phi) is 5.30. The Balaban J connectivity index is 1.57. The summed E-state index contributed by atoms with van der Waals surface area (Å²) in [4.78, 5) is 25.3. The number of hydrogen-bond donors (Lipinski definition) is 1. The number of piperazine rings is 1. The van der Waals surface area contributed by atoms with Crippen molar-refractivity contribution < 1.29 is 0 Å². The smallest absolute Gasteiger partial charge is 0.293 e. The van der Waals surface area contributed by atoms with Crippen LogP contribution in [0.2, 0.25) is 0 Å². The second kappa shape index (κ2) is 7.45. The minimum atomic E-state index is -0.0346. The fourth-order valence-electron chi connectivity index (χ4n) is 3.86. The van der Waals surface area contributed by atoms with Gasteiger partial charge in [0.2, 0.25) is 0 Å². The number of aryl methyl sites for hydroxylation is 1. The van der Waals surface area contributed by atoms with Crippen molar-refractivity contribution in [2.75, 3.05) is 44.7 Å². The summed E-state index contributed by atoms with van der Waals surface area (Å²) in [6.45, 7) is 6.61. The molecular formula is C18H30N6O. The molecule has 2 heterocycles. The topological polar surface area (TPSA) is 65.8 Å². The molecule has 7 nitrogen and oxygen atoms in total. The van der Waals surface area contributed by atoms with Gasteiger partial charge in [-0.25, -0.2) is 4.98 Å². The van der Waals surface area contributed by atoms with Crippen molar-refractivity contribution in [1.29, 1.82) is 0 Å². The van der Waals surface area contributed by atoms with Crippen LogP contribution in [0.3, 0.4) is 0 Å². The largest absolute Gasteiger partial charge is 0.356 e. The van der Waals surface area contributed by atoms with Crippen LogP contribution < -0.4 is 15.8 Å². The van der Waals surface area contributed by atoms with E-state index in [2.05, 4.69) is 32.0 Å². The van der Waals surface area contributed by atoms with Crippen LogP contribution in [0.5, 0.6) is 0 Å². The summed E-state index contributed by atoms with van der Waals surface area (Å²) < 4.78 is 1.58. The maximum Gasteiger partial charge on any atom is 0.293 e. The first-order chi connectivity index (χ1) is 12.0. The molecule has 1 aliphatic carbocycles. The molecule has 0 atom stereocenters. The van der Waals surface area contributed by atoms with E-state index < -0.39 is 0 Å². The van der Waals surface area contributed by atoms with Gasteiger partial charge in [-0.05, 0) is 18.3 Å². The monoisotopic (exact) mass is 346 g/mol. The lowest BCUT2D eigenvalue weighted by Gasteiger charge is -2.37. The molecule has 2 aliphatic rings. The molecule has 0 amide bonds. The molecule has 0 radical (unpaired) electrons. The first-order valence-corrected chi connectivity index (χ1v) is 9.25. The molecule has 1 aliphatic heterocycles. The standard InChI is InChI=1S/C18H30N6O/c1-18(6-4-5-7-18)14-21-17(19-2)24-12-10-23(11-13-24)15-16(25)22(3)9-8-20-15/h8-9H,4-7,10-14H2,1-3H3,(H,19,21). The van der Waals surface area contributed by atoms with E-state index in [1.165, 1.54) is 25.7 Å². The van der Waals surface area contributed by atoms with Crippen molar-refractivity contribution in [2.45, 2.75) is 32.6 Å². The Morgan fingerprint density at radius 2 is 1.96 bits per heavy atom. The molecule has 0 bridgehead atoms. The van der Waals surface area contributed by atoms with E-state index in [1.54, 1.807) is 24.0 Å². The SMILES string of the molecule is CN=C(NCC1(C)CCCC1)N1CCN(c2nccn(C)c2=O)CC1. The van der Waals surface area contributed by atoms with Gasteiger partial charge in [-0.15, -0.1) is 0 Å². The Hall–Kier alpha value is -2.05. The van der Waals surface area contributed by atoms with Gasteiger partial charge in [-0.1, -0.05) is 19.8 Å². The zero-order valence-corrected chi connectivity index (χ0v) is 15.7. The predicted octanol–water partition coefficient (Wildman–Crippen LogP) is 1.06. The van der Waals surface area contributed by atoms with Gasteiger partial charge in [0.25, 0.3) is 5.56 Å². The highest BCUT2D eigenvalue weighted by Crippen LogP contribution is 2.36. The molecule has 0 unspecified atom stereocenters. The Morgan fingerprint density at radius 1 is 1.28 bits per heavy atom. The fraction of sp³-hybridized carbons (Fsp3) is 0.722. The first kappa shape index (κ1) is 17.8. The van der Waals surface area contributed by atoms with Gasteiger partial charge in [0.1, 0.15) is 0 Å². The van der Waals surface area contributed by atoms with Crippen LogP contribution in [0, 0.1) is 5.41 Å². The number of guanidine groups is 1. The molecule has 2 fully saturated rings. The number of aromatic nitrogens is 2. The Labute approximate surface area is 149 Å². The van der Waals surface area contributed by atoms with E-state index in [0.29, 0.717) is 11.2 Å². The quantitative estimate of drug-likeness (QED) is 0.655. The number of anilines is 1. The number of nitrogens with zero attached hydrogens (tertiary/aromatic N) is 5. The Bertz CT molecular complexity index is 668. The van der Waals surface area contributed by atoms with Crippen LogP contribution in [-0.2, 0) is 7.05 Å². The summed E-state index contributed by atoms with van der Waals surface area (Å²) in [7, 11) is 3.61. The maximum absolute atomic E-state index is 12.2. The second-order valence-electron chi connectivity index (χ2n) is 7.56. The molecule has 0 aromatic carbocycles. The molecule has 1 aromatic rings. The van der Waals surface area contributed by atoms with Crippen molar-refractivity contribution in [3.63, 3.8) is 0 Å². The summed E-state index contributed by atoms with van der Waals surface area (Å²) >= 11 is 0. The van der Waals surface area contributed by atoms with Gasteiger partial charge in [0, 0.05) is 59.2 Å². The third-order valence-electron chi connectivity index (χ3n) is 5.57. The number of rotatable bonds is 3. The highest BCUT2D eigenvalue weighted by atomic mass is 16.1. The number of aliphatic imine (C=N–C) groups is 1. The molecule has 0 spiro atoms. The van der Waals surface area contributed by atoms with Crippen LogP contribution in [-0.4, -0.2) is 60.2 Å². The molecule has 1 aromatic heterocycles. The van der Waals surface area contributed by atoms with Crippen molar-refractivity contribution in [2.24, 2.45) is 17.5 Å². The second-order valence-corrected chi connectivity index (χ2v) is 7.56. The van der Waals surface area contributed by atoms with Gasteiger partial charge < -0.3 is 19.7 Å². The summed E-state index contributed by atoms with van der Waals surface area (Å²) in [6, 6.07) is 0. The summed E-state index contributed by atoms with van der Waals surface area (Å²) in [5, 5.41) is 3.57. The van der Waals surface area contributed by atoms with Crippen molar-refractivity contribution in [3.8, 4) is 0 Å². The zero-order chi connectivity index (χ0) is 17.9. The molecule has 7 heteroatoms. The number of nitrogens with one attached hydrogen (secondary N) is 1. The van der Waals surface area contributed by atoms with E-state index in [-0.39, 0.29) is 5.56 Å². The number of hydrogen-bond acceptors (Lipinski definition) is 4. The van der Waals surface area contributed by atoms with Crippen LogP contribution in [0.4, 0.5) is 5.82 Å². The van der Waals surface area contributed by atoms with Crippen molar-refractivity contribution in [3.05, 3.63) is 22.7 Å². The third-order valence-corrected chi connectivity index (χ3v) is 5.57. The summed E-state index contributed by atoms with van der Waals surface area (Å²) in [5.74, 6) is 1.52. The van der Waals surface area contributed by atoms with E-state index >= 15 is 0 Å². The summed E-state index contributed by atoms with van der Waals surface area (Å²) in [5.41, 5.74) is 0.366. The fourth-order valence-corrected chi connectivity index (χ4v) is 3.86. The van der Waals surface area contributed by atoms with Gasteiger partial charge in [-0.3, -0.25) is 9.79 Å². The average molecular weight is 346 g/mol. The van der Waals surface area contributed by atoms with Crippen molar-refractivity contribution >= 4 is 11.8 Å². The zero-order valence-electron chi connectivity index (χ0n) is 15.7. The summed E-state index contributed by atoms with van der Waals surface area (Å²) in [6.07, 6.45) is 8.66. The molecule has 25 heavy (non-hydrogen) atoms. The lowest BCUT2D eigenvalue weighted by molar-refractivity contribution is 0.317. The van der Waals surface area contributed by atoms with Crippen molar-refractivity contribution in [1.82, 2.24) is 19.8 Å². The highest BCUT2D eigenvalue weighted by molar-refractivity contribution is 5.80. The highest BCUT2D eigenvalue weighted by Gasteiger charge is 2.29. The van der Waals surface area contributed by atoms with E-state index in [4.69, 9.17) is 0 Å². The average Bonchev–Trinajstić information content (AvgIpc) is 3.05. The van der Waals surface area contributed by atoms with Crippen LogP contribution in [0.15, 0.2) is 22.2 Å². The Morgan fingerprint density at radius 3 is 2.60 bits per heavy atom. The molecule has 1 N–H and O–H groups in total. The normalized spacial score (nSPS) is 20.8. The molecular weight excluding hydrogens is 316 g/mol. The molecule has 3 rings (SSSR count). The molecule has 138 valence electrons. The van der Waals surface area contributed by atoms with Gasteiger partial charge in [0.05, 0.1) is 0 Å². The van der Waals surface area contributed by atoms with Crippen LogP contribution in [0.25, 0.3) is 0 Å². The van der Waals surface area contributed by atoms with E-state index in [0.717, 1.165) is 38.7 Å². The minimum Gasteiger partial charge on any atom is -0.356 e. The minimum absolute atomic E-state index is 0.0346. The third kappa shape index (κ3) is 3.96. The van der Waals surface area contributed by atoms with Gasteiger partial charge in [0.15, 0.2) is 11.8 Å². The van der Waals surface area contributed by atoms with Gasteiger partial charge in [-0.2, -0.15) is 0 Å². The molecule has 1 saturated heterocycles. The van der Waals surface area contributed by atoms with Crippen LogP contribution >= 0.6 is 0 Å². The molecule has 1 saturated carbocycles. The lowest BCUT2D eigenvalue weighted by atomic mass is 9.89. The first-order valence-electron chi connectivity index (χ1n) is 9.25. The maximum atomic E-state index is 12.2. The van der Waals surface area contributed by atoms with E-state index in [1.807, 2.05) is 7.05 Å². The van der Waals surface area contributed by atoms with E-state index in [9.17, 15) is 4.79 Å².